The Kier molecular flexibility index (Phi) is 14.3. The summed E-state index contributed by atoms with van der Waals surface area (Å²) >= 11 is 0. The molecule has 0 heterocycles. The summed E-state index contributed by atoms with van der Waals surface area (Å²) in [5, 5.41) is 8.51. The molecule has 5 heteroatoms. The van der Waals surface area contributed by atoms with Gasteiger partial charge in [0.1, 0.15) is 12.4 Å². The normalized spacial score (nSPS) is 11.7. The van der Waals surface area contributed by atoms with Crippen molar-refractivity contribution in [3.8, 4) is 0 Å². The zero-order valence-electron chi connectivity index (χ0n) is 16.7. The van der Waals surface area contributed by atoms with E-state index in [-0.39, 0.29) is 29.8 Å². The van der Waals surface area contributed by atoms with E-state index in [1.54, 1.807) is 7.11 Å². The lowest BCUT2D eigenvalue weighted by atomic mass is 9.88. The quantitative estimate of drug-likeness (QED) is 0.614. The number of aliphatic hydroxyl groups is 1. The van der Waals surface area contributed by atoms with E-state index < -0.39 is 0 Å². The molecule has 24 heavy (non-hydrogen) atoms. The van der Waals surface area contributed by atoms with Crippen LogP contribution in [0.25, 0.3) is 0 Å². The van der Waals surface area contributed by atoms with Gasteiger partial charge in [-0.05, 0) is 12.8 Å². The summed E-state index contributed by atoms with van der Waals surface area (Å²) < 4.78 is 9.86. The lowest BCUT2D eigenvalue weighted by molar-refractivity contribution is -0.131. The first-order valence-corrected chi connectivity index (χ1v) is 8.71. The molecule has 1 N–H and O–H groups in total. The third kappa shape index (κ3) is 16.1. The second-order valence-electron chi connectivity index (χ2n) is 7.93. The van der Waals surface area contributed by atoms with Crippen molar-refractivity contribution in [1.82, 2.24) is 0 Å². The number of Topliss-reactive ketones (excluding diaryl/α,β-unsaturated/α-hetero) is 2. The summed E-state index contributed by atoms with van der Waals surface area (Å²) in [5.41, 5.74) is -0.494. The van der Waals surface area contributed by atoms with Crippen LogP contribution in [0.1, 0.15) is 67.2 Å². The lowest BCUT2D eigenvalue weighted by Crippen LogP contribution is -2.25. The number of ketones is 2. The molecule has 0 saturated heterocycles. The number of aliphatic hydroxyl groups excluding tert-OH is 1. The molecule has 144 valence electrons. The van der Waals surface area contributed by atoms with Crippen molar-refractivity contribution in [2.24, 2.45) is 10.8 Å². The first-order valence-electron chi connectivity index (χ1n) is 8.71. The minimum absolute atomic E-state index is 0.124. The first-order chi connectivity index (χ1) is 11.0. The number of hydrogen-bond donors (Lipinski definition) is 1. The number of rotatable bonds is 10. The van der Waals surface area contributed by atoms with E-state index in [1.165, 1.54) is 0 Å². The summed E-state index contributed by atoms with van der Waals surface area (Å²) in [7, 11) is 1.61. The van der Waals surface area contributed by atoms with Crippen molar-refractivity contribution in [3.63, 3.8) is 0 Å². The highest BCUT2D eigenvalue weighted by molar-refractivity contribution is 5.84. The zero-order valence-corrected chi connectivity index (χ0v) is 16.7. The SMILES string of the molecule is CC(C)(C)C(=O)CCCCCO.COCCOCC(=O)C(C)(C)C. The van der Waals surface area contributed by atoms with Gasteiger partial charge in [-0.15, -0.1) is 0 Å². The average Bonchev–Trinajstić information content (AvgIpc) is 2.46. The second kappa shape index (κ2) is 13.5. The van der Waals surface area contributed by atoms with Crippen LogP contribution in [0.4, 0.5) is 0 Å². The number of unbranched alkanes of at least 4 members (excludes halogenated alkanes) is 2. The Bertz CT molecular complexity index is 303. The van der Waals surface area contributed by atoms with Gasteiger partial charge >= 0.3 is 0 Å². The van der Waals surface area contributed by atoms with E-state index in [2.05, 4.69) is 0 Å². The van der Waals surface area contributed by atoms with Gasteiger partial charge in [0.15, 0.2) is 5.78 Å². The Morgan fingerprint density at radius 2 is 1.38 bits per heavy atom. The van der Waals surface area contributed by atoms with Crippen LogP contribution in [0.2, 0.25) is 0 Å². The topological polar surface area (TPSA) is 72.8 Å². The van der Waals surface area contributed by atoms with Crippen LogP contribution in [0.15, 0.2) is 0 Å². The molecular weight excluding hydrogens is 308 g/mol. The van der Waals surface area contributed by atoms with Gasteiger partial charge in [0, 0.05) is 31.0 Å². The summed E-state index contributed by atoms with van der Waals surface area (Å²) in [6.07, 6.45) is 3.34. The van der Waals surface area contributed by atoms with Gasteiger partial charge in [0.05, 0.1) is 13.2 Å². The largest absolute Gasteiger partial charge is 0.396 e. The molecule has 0 aromatic rings. The van der Waals surface area contributed by atoms with Crippen molar-refractivity contribution in [3.05, 3.63) is 0 Å². The molecule has 0 unspecified atom stereocenters. The predicted octanol–water partition coefficient (Wildman–Crippen LogP) is 3.42. The van der Waals surface area contributed by atoms with E-state index in [4.69, 9.17) is 14.6 Å². The molecule has 0 radical (unpaired) electrons. The molecule has 0 aromatic carbocycles. The fourth-order valence-electron chi connectivity index (χ4n) is 1.47. The third-order valence-electron chi connectivity index (χ3n) is 3.40. The minimum Gasteiger partial charge on any atom is -0.396 e. The number of methoxy groups -OCH3 is 1. The number of ether oxygens (including phenoxy) is 2. The van der Waals surface area contributed by atoms with Gasteiger partial charge in [-0.25, -0.2) is 0 Å². The van der Waals surface area contributed by atoms with Crippen molar-refractivity contribution < 1.29 is 24.2 Å². The summed E-state index contributed by atoms with van der Waals surface area (Å²) in [6.45, 7) is 12.9. The molecule has 0 saturated carbocycles. The van der Waals surface area contributed by atoms with Gasteiger partial charge in [-0.1, -0.05) is 48.0 Å². The Morgan fingerprint density at radius 3 is 1.79 bits per heavy atom. The van der Waals surface area contributed by atoms with Gasteiger partial charge in [-0.3, -0.25) is 9.59 Å². The monoisotopic (exact) mass is 346 g/mol. The fourth-order valence-corrected chi connectivity index (χ4v) is 1.47. The number of hydrogen-bond acceptors (Lipinski definition) is 5. The van der Waals surface area contributed by atoms with Crippen molar-refractivity contribution in [2.45, 2.75) is 67.2 Å². The first kappa shape index (κ1) is 25.5. The molecule has 0 aliphatic rings. The molecule has 0 aliphatic carbocycles. The Hall–Kier alpha value is -0.780. The smallest absolute Gasteiger partial charge is 0.163 e. The van der Waals surface area contributed by atoms with E-state index in [0.29, 0.717) is 25.4 Å². The highest BCUT2D eigenvalue weighted by Crippen LogP contribution is 2.18. The van der Waals surface area contributed by atoms with Crippen molar-refractivity contribution in [1.29, 1.82) is 0 Å². The summed E-state index contributed by atoms with van der Waals surface area (Å²) in [6, 6.07) is 0. The molecular formula is C19H38O5. The Balaban J connectivity index is 0. The molecule has 5 nitrogen and oxygen atoms in total. The van der Waals surface area contributed by atoms with Crippen LogP contribution in [-0.2, 0) is 19.1 Å². The van der Waals surface area contributed by atoms with Crippen molar-refractivity contribution in [2.75, 3.05) is 33.5 Å². The van der Waals surface area contributed by atoms with Gasteiger partial charge in [0.2, 0.25) is 0 Å². The van der Waals surface area contributed by atoms with E-state index in [0.717, 1.165) is 19.3 Å². The third-order valence-corrected chi connectivity index (χ3v) is 3.40. The van der Waals surface area contributed by atoms with Crippen LogP contribution in [-0.4, -0.2) is 50.2 Å². The molecule has 0 amide bonds. The summed E-state index contributed by atoms with van der Waals surface area (Å²) in [5.74, 6) is 0.444. The number of carbonyl (C=O) groups is 2. The predicted molar refractivity (Wildman–Crippen MR) is 97.2 cm³/mol. The van der Waals surface area contributed by atoms with Crippen LogP contribution >= 0.6 is 0 Å². The van der Waals surface area contributed by atoms with Crippen LogP contribution < -0.4 is 0 Å². The van der Waals surface area contributed by atoms with E-state index >= 15 is 0 Å². The van der Waals surface area contributed by atoms with Crippen LogP contribution in [0, 0.1) is 10.8 Å². The van der Waals surface area contributed by atoms with Crippen LogP contribution in [0.3, 0.4) is 0 Å². The minimum atomic E-state index is -0.299. The highest BCUT2D eigenvalue weighted by Gasteiger charge is 2.20. The molecule has 0 aromatic heterocycles. The lowest BCUT2D eigenvalue weighted by Gasteiger charge is -2.16. The molecule has 0 atom stereocenters. The Morgan fingerprint density at radius 1 is 0.833 bits per heavy atom. The summed E-state index contributed by atoms with van der Waals surface area (Å²) in [4.78, 5) is 22.6. The van der Waals surface area contributed by atoms with Crippen molar-refractivity contribution >= 4 is 11.6 Å². The van der Waals surface area contributed by atoms with Gasteiger partial charge in [0.25, 0.3) is 0 Å². The molecule has 0 fully saturated rings. The van der Waals surface area contributed by atoms with E-state index in [9.17, 15) is 9.59 Å². The van der Waals surface area contributed by atoms with Gasteiger partial charge in [-0.2, -0.15) is 0 Å². The molecule has 0 rings (SSSR count). The average molecular weight is 347 g/mol. The standard InChI is InChI=1S/C10H20O2.C9H18O3/c1-10(2,3)9(12)7-5-4-6-8-11;1-9(2,3)8(10)7-12-6-5-11-4/h11H,4-8H2,1-3H3;5-7H2,1-4H3. The van der Waals surface area contributed by atoms with Crippen LogP contribution in [0.5, 0.6) is 0 Å². The second-order valence-corrected chi connectivity index (χ2v) is 7.93. The zero-order chi connectivity index (χ0) is 19.2. The van der Waals surface area contributed by atoms with Gasteiger partial charge < -0.3 is 14.6 Å². The highest BCUT2D eigenvalue weighted by atomic mass is 16.5. The maximum absolute atomic E-state index is 11.4. The fraction of sp³-hybridized carbons (Fsp3) is 0.895. The molecule has 0 spiro atoms. The molecule has 0 bridgehead atoms. The number of carbonyl (C=O) groups excluding carboxylic acids is 2. The molecule has 0 aliphatic heterocycles. The van der Waals surface area contributed by atoms with E-state index in [1.807, 2.05) is 41.5 Å². The Labute approximate surface area is 148 Å². The maximum atomic E-state index is 11.4. The maximum Gasteiger partial charge on any atom is 0.163 e.